The summed E-state index contributed by atoms with van der Waals surface area (Å²) in [5.41, 5.74) is 0. The average molecular weight is 151 g/mol. The van der Waals surface area contributed by atoms with Crippen LogP contribution in [0.2, 0.25) is 0 Å². The van der Waals surface area contributed by atoms with Gasteiger partial charge in [0.2, 0.25) is 0 Å². The second kappa shape index (κ2) is 2.32. The topological polar surface area (TPSA) is 41.6 Å². The van der Waals surface area contributed by atoms with Gasteiger partial charge in [-0.15, -0.1) is 0 Å². The summed E-state index contributed by atoms with van der Waals surface area (Å²) >= 11 is 0. The number of nitrogens with one attached hydrogen (secondary N) is 1. The minimum atomic E-state index is 0.657. The van der Waals surface area contributed by atoms with E-state index in [1.807, 2.05) is 6.92 Å². The molecule has 1 aliphatic rings. The fraction of sp³-hybridized carbons (Fsp3) is 0.750. The number of hydrogen-bond acceptors (Lipinski definition) is 2. The van der Waals surface area contributed by atoms with Crippen molar-refractivity contribution in [3.05, 3.63) is 11.6 Å². The molecule has 1 aromatic rings. The van der Waals surface area contributed by atoms with E-state index in [9.17, 15) is 0 Å². The fourth-order valence-electron chi connectivity index (χ4n) is 1.54. The molecule has 3 heteroatoms. The second-order valence-corrected chi connectivity index (χ2v) is 3.29. The number of H-pyrrole nitrogens is 1. The summed E-state index contributed by atoms with van der Waals surface area (Å²) in [6.45, 7) is 4.17. The lowest BCUT2D eigenvalue weighted by molar-refractivity contribution is 0.744. The first kappa shape index (κ1) is 6.83. The highest BCUT2D eigenvalue weighted by atomic mass is 15.2. The molecule has 60 valence electrons. The summed E-state index contributed by atoms with van der Waals surface area (Å²) in [4.78, 5) is 4.30. The second-order valence-electron chi connectivity index (χ2n) is 3.29. The molecule has 1 saturated carbocycles. The van der Waals surface area contributed by atoms with E-state index in [1.54, 1.807) is 0 Å². The van der Waals surface area contributed by atoms with Crippen LogP contribution in [0.3, 0.4) is 0 Å². The van der Waals surface area contributed by atoms with Crippen molar-refractivity contribution in [2.45, 2.75) is 32.6 Å². The summed E-state index contributed by atoms with van der Waals surface area (Å²) in [5, 5.41) is 7.01. The number of nitrogens with zero attached hydrogens (tertiary/aromatic N) is 2. The highest BCUT2D eigenvalue weighted by Crippen LogP contribution is 2.47. The van der Waals surface area contributed by atoms with Gasteiger partial charge in [-0.3, -0.25) is 5.10 Å². The van der Waals surface area contributed by atoms with E-state index in [0.717, 1.165) is 17.6 Å². The maximum absolute atomic E-state index is 4.30. The maximum atomic E-state index is 4.30. The standard InChI is InChI=1S/C8H13N3/c1-3-6-4-7(6)8-9-5(2)10-11-8/h6-7H,3-4H2,1-2H3,(H,9,10,11). The van der Waals surface area contributed by atoms with E-state index in [-0.39, 0.29) is 0 Å². The van der Waals surface area contributed by atoms with Crippen LogP contribution in [0.25, 0.3) is 0 Å². The van der Waals surface area contributed by atoms with Crippen LogP contribution in [-0.4, -0.2) is 15.2 Å². The Morgan fingerprint density at radius 3 is 2.91 bits per heavy atom. The Morgan fingerprint density at radius 1 is 1.64 bits per heavy atom. The molecule has 1 N–H and O–H groups in total. The van der Waals surface area contributed by atoms with Crippen LogP contribution in [0.1, 0.15) is 37.3 Å². The molecule has 0 aliphatic heterocycles. The van der Waals surface area contributed by atoms with Crippen LogP contribution >= 0.6 is 0 Å². The van der Waals surface area contributed by atoms with Gasteiger partial charge in [0, 0.05) is 5.92 Å². The Kier molecular flexibility index (Phi) is 1.44. The fourth-order valence-corrected chi connectivity index (χ4v) is 1.54. The van der Waals surface area contributed by atoms with E-state index in [4.69, 9.17) is 0 Å². The van der Waals surface area contributed by atoms with Gasteiger partial charge in [0.05, 0.1) is 0 Å². The van der Waals surface area contributed by atoms with Gasteiger partial charge in [0.15, 0.2) is 5.82 Å². The minimum absolute atomic E-state index is 0.657. The van der Waals surface area contributed by atoms with Gasteiger partial charge in [0.1, 0.15) is 5.82 Å². The van der Waals surface area contributed by atoms with Crippen molar-refractivity contribution < 1.29 is 0 Å². The molecule has 3 nitrogen and oxygen atoms in total. The molecule has 2 unspecified atom stereocenters. The van der Waals surface area contributed by atoms with E-state index in [2.05, 4.69) is 22.1 Å². The third-order valence-electron chi connectivity index (χ3n) is 2.39. The normalized spacial score (nSPS) is 28.9. The molecule has 1 fully saturated rings. The number of rotatable bonds is 2. The van der Waals surface area contributed by atoms with Gasteiger partial charge in [-0.25, -0.2) is 4.98 Å². The zero-order valence-electron chi connectivity index (χ0n) is 6.96. The molecule has 0 aromatic carbocycles. The molecular weight excluding hydrogens is 138 g/mol. The first-order chi connectivity index (χ1) is 5.31. The summed E-state index contributed by atoms with van der Waals surface area (Å²) in [7, 11) is 0. The zero-order valence-corrected chi connectivity index (χ0v) is 6.96. The highest BCUT2D eigenvalue weighted by Gasteiger charge is 2.39. The summed E-state index contributed by atoms with van der Waals surface area (Å²) in [6.07, 6.45) is 2.55. The van der Waals surface area contributed by atoms with Crippen LogP contribution in [0.4, 0.5) is 0 Å². The molecule has 11 heavy (non-hydrogen) atoms. The third-order valence-corrected chi connectivity index (χ3v) is 2.39. The Morgan fingerprint density at radius 2 is 2.45 bits per heavy atom. The monoisotopic (exact) mass is 151 g/mol. The van der Waals surface area contributed by atoms with Gasteiger partial charge < -0.3 is 0 Å². The lowest BCUT2D eigenvalue weighted by Crippen LogP contribution is -1.85. The molecule has 0 radical (unpaired) electrons. The van der Waals surface area contributed by atoms with Crippen LogP contribution in [-0.2, 0) is 0 Å². The Hall–Kier alpha value is -0.860. The van der Waals surface area contributed by atoms with Crippen molar-refractivity contribution in [3.8, 4) is 0 Å². The van der Waals surface area contributed by atoms with Crippen LogP contribution < -0.4 is 0 Å². The summed E-state index contributed by atoms with van der Waals surface area (Å²) < 4.78 is 0. The van der Waals surface area contributed by atoms with Crippen molar-refractivity contribution >= 4 is 0 Å². The van der Waals surface area contributed by atoms with Crippen molar-refractivity contribution in [2.75, 3.05) is 0 Å². The number of aromatic nitrogens is 3. The van der Waals surface area contributed by atoms with Gasteiger partial charge in [-0.1, -0.05) is 13.3 Å². The van der Waals surface area contributed by atoms with Crippen molar-refractivity contribution in [2.24, 2.45) is 5.92 Å². The van der Waals surface area contributed by atoms with E-state index in [0.29, 0.717) is 5.92 Å². The highest BCUT2D eigenvalue weighted by molar-refractivity contribution is 5.09. The molecule has 2 rings (SSSR count). The van der Waals surface area contributed by atoms with Crippen molar-refractivity contribution in [3.63, 3.8) is 0 Å². The lowest BCUT2D eigenvalue weighted by atomic mass is 10.2. The Balaban J connectivity index is 2.08. The number of aryl methyl sites for hydroxylation is 1. The molecule has 0 bridgehead atoms. The predicted molar refractivity (Wildman–Crippen MR) is 42.3 cm³/mol. The Labute approximate surface area is 66.2 Å². The number of aromatic amines is 1. The van der Waals surface area contributed by atoms with Crippen molar-refractivity contribution in [1.29, 1.82) is 0 Å². The molecule has 1 aliphatic carbocycles. The minimum Gasteiger partial charge on any atom is -0.263 e. The van der Waals surface area contributed by atoms with Gasteiger partial charge in [-0.2, -0.15) is 5.10 Å². The molecule has 2 atom stereocenters. The van der Waals surface area contributed by atoms with E-state index < -0.39 is 0 Å². The van der Waals surface area contributed by atoms with E-state index in [1.165, 1.54) is 12.8 Å². The molecule has 0 saturated heterocycles. The first-order valence-corrected chi connectivity index (χ1v) is 4.20. The summed E-state index contributed by atoms with van der Waals surface area (Å²) in [6, 6.07) is 0. The lowest BCUT2D eigenvalue weighted by Gasteiger charge is -1.87. The molecule has 0 spiro atoms. The number of hydrogen-bond donors (Lipinski definition) is 1. The first-order valence-electron chi connectivity index (χ1n) is 4.20. The quantitative estimate of drug-likeness (QED) is 0.698. The molecule has 1 heterocycles. The molecule has 0 amide bonds. The van der Waals surface area contributed by atoms with Crippen LogP contribution in [0.15, 0.2) is 0 Å². The average Bonchev–Trinajstić information content (AvgIpc) is 2.68. The third kappa shape index (κ3) is 1.15. The molecule has 1 aromatic heterocycles. The Bertz CT molecular complexity index is 254. The van der Waals surface area contributed by atoms with Crippen LogP contribution in [0, 0.1) is 12.8 Å². The largest absolute Gasteiger partial charge is 0.263 e. The molecular formula is C8H13N3. The van der Waals surface area contributed by atoms with Gasteiger partial charge >= 0.3 is 0 Å². The predicted octanol–water partition coefficient (Wildman–Crippen LogP) is 1.63. The van der Waals surface area contributed by atoms with Crippen molar-refractivity contribution in [1.82, 2.24) is 15.2 Å². The zero-order chi connectivity index (χ0) is 7.84. The van der Waals surface area contributed by atoms with E-state index >= 15 is 0 Å². The summed E-state index contributed by atoms with van der Waals surface area (Å²) in [5.74, 6) is 3.46. The SMILES string of the molecule is CCC1CC1c1n[nH]c(C)n1. The van der Waals surface area contributed by atoms with Gasteiger partial charge in [-0.05, 0) is 19.3 Å². The smallest absolute Gasteiger partial charge is 0.154 e. The maximum Gasteiger partial charge on any atom is 0.154 e. The van der Waals surface area contributed by atoms with Gasteiger partial charge in [0.25, 0.3) is 0 Å². The van der Waals surface area contributed by atoms with Crippen LogP contribution in [0.5, 0.6) is 0 Å².